The van der Waals surface area contributed by atoms with E-state index in [1.54, 1.807) is 18.2 Å². The van der Waals surface area contributed by atoms with Crippen LogP contribution in [0.2, 0.25) is 5.02 Å². The molecular formula is C9H4ClF3N3. The number of nitrogens with zero attached hydrogens (tertiary/aromatic N) is 3. The van der Waals surface area contributed by atoms with Gasteiger partial charge in [-0.25, -0.2) is 4.68 Å². The quantitative estimate of drug-likeness (QED) is 0.775. The van der Waals surface area contributed by atoms with Crippen LogP contribution in [0.25, 0.3) is 5.69 Å². The van der Waals surface area contributed by atoms with Gasteiger partial charge >= 0.3 is 6.18 Å². The molecule has 2 aromatic rings. The van der Waals surface area contributed by atoms with Crippen molar-refractivity contribution in [3.05, 3.63) is 41.4 Å². The lowest BCUT2D eigenvalue weighted by molar-refractivity contribution is -0.144. The first-order chi connectivity index (χ1) is 7.48. The van der Waals surface area contributed by atoms with Crippen molar-refractivity contribution in [1.82, 2.24) is 14.8 Å². The van der Waals surface area contributed by atoms with Crippen molar-refractivity contribution in [1.29, 1.82) is 0 Å². The topological polar surface area (TPSA) is 30.7 Å². The molecule has 0 aliphatic carbocycles. The normalized spacial score (nSPS) is 11.8. The maximum Gasteiger partial charge on any atom is 0.453 e. The minimum atomic E-state index is -4.58. The Morgan fingerprint density at radius 1 is 1.25 bits per heavy atom. The first-order valence-corrected chi connectivity index (χ1v) is 4.53. The van der Waals surface area contributed by atoms with E-state index in [9.17, 15) is 13.2 Å². The third-order valence-electron chi connectivity index (χ3n) is 1.78. The number of aromatic nitrogens is 3. The Balaban J connectivity index is 2.44. The van der Waals surface area contributed by atoms with Gasteiger partial charge in [-0.2, -0.15) is 18.2 Å². The highest BCUT2D eigenvalue weighted by molar-refractivity contribution is 6.32. The number of benzene rings is 1. The van der Waals surface area contributed by atoms with Gasteiger partial charge in [0.25, 0.3) is 5.82 Å². The standard InChI is InChI=1S/C9H4ClF3N3/c10-6-3-1-2-4-7(6)16-5-14-8(15-16)9(11,12)13/h1-4H. The fourth-order valence-corrected chi connectivity index (χ4v) is 1.30. The number of halogens is 4. The van der Waals surface area contributed by atoms with Gasteiger partial charge in [0.1, 0.15) is 0 Å². The van der Waals surface area contributed by atoms with Gasteiger partial charge in [-0.15, -0.1) is 5.10 Å². The molecule has 0 atom stereocenters. The van der Waals surface area contributed by atoms with Crippen LogP contribution in [0.1, 0.15) is 5.82 Å². The van der Waals surface area contributed by atoms with Gasteiger partial charge in [-0.3, -0.25) is 0 Å². The van der Waals surface area contributed by atoms with Gasteiger partial charge in [0, 0.05) is 0 Å². The smallest absolute Gasteiger partial charge is 0.208 e. The van der Waals surface area contributed by atoms with E-state index in [0.717, 1.165) is 4.68 Å². The van der Waals surface area contributed by atoms with E-state index in [-0.39, 0.29) is 5.02 Å². The van der Waals surface area contributed by atoms with E-state index < -0.39 is 12.0 Å². The highest BCUT2D eigenvalue weighted by Gasteiger charge is 2.36. The minimum Gasteiger partial charge on any atom is -0.208 e. The largest absolute Gasteiger partial charge is 0.453 e. The minimum absolute atomic E-state index is 0.275. The predicted octanol–water partition coefficient (Wildman–Crippen LogP) is 2.74. The second kappa shape index (κ2) is 3.79. The zero-order valence-corrected chi connectivity index (χ0v) is 8.42. The molecule has 0 aliphatic rings. The van der Waals surface area contributed by atoms with Crippen molar-refractivity contribution in [2.75, 3.05) is 0 Å². The van der Waals surface area contributed by atoms with Gasteiger partial charge in [-0.05, 0) is 12.1 Å². The Kier molecular flexibility index (Phi) is 2.59. The molecule has 0 saturated heterocycles. The average molecular weight is 247 g/mol. The predicted molar refractivity (Wildman–Crippen MR) is 50.2 cm³/mol. The fourth-order valence-electron chi connectivity index (χ4n) is 1.09. The molecule has 7 heteroatoms. The van der Waals surface area contributed by atoms with Crippen molar-refractivity contribution < 1.29 is 13.2 Å². The zero-order chi connectivity index (χ0) is 11.8. The van der Waals surface area contributed by atoms with Crippen LogP contribution >= 0.6 is 11.6 Å². The molecule has 0 N–H and O–H groups in total. The van der Waals surface area contributed by atoms with Gasteiger partial charge in [0.2, 0.25) is 6.33 Å². The molecule has 0 bridgehead atoms. The monoisotopic (exact) mass is 246 g/mol. The Labute approximate surface area is 93.5 Å². The zero-order valence-electron chi connectivity index (χ0n) is 7.66. The Morgan fingerprint density at radius 3 is 2.50 bits per heavy atom. The Morgan fingerprint density at radius 2 is 1.94 bits per heavy atom. The van der Waals surface area contributed by atoms with E-state index >= 15 is 0 Å². The van der Waals surface area contributed by atoms with Crippen molar-refractivity contribution in [3.63, 3.8) is 0 Å². The van der Waals surface area contributed by atoms with Crippen molar-refractivity contribution in [2.45, 2.75) is 6.18 Å². The number of hydrogen-bond donors (Lipinski definition) is 0. The summed E-state index contributed by atoms with van der Waals surface area (Å²) in [7, 11) is 0. The molecule has 83 valence electrons. The molecule has 1 heterocycles. The number of para-hydroxylation sites is 1. The third-order valence-corrected chi connectivity index (χ3v) is 2.10. The second-order valence-corrected chi connectivity index (χ2v) is 3.30. The highest BCUT2D eigenvalue weighted by atomic mass is 35.5. The maximum absolute atomic E-state index is 12.2. The molecule has 0 spiro atoms. The molecule has 2 rings (SSSR count). The lowest BCUT2D eigenvalue weighted by Crippen LogP contribution is -2.08. The molecule has 0 saturated carbocycles. The van der Waals surface area contributed by atoms with E-state index in [4.69, 9.17) is 11.6 Å². The summed E-state index contributed by atoms with van der Waals surface area (Å²) in [5.41, 5.74) is 0.298. The summed E-state index contributed by atoms with van der Waals surface area (Å²) in [6, 6.07) is 6.35. The summed E-state index contributed by atoms with van der Waals surface area (Å²) in [6.07, 6.45) is -2.46. The van der Waals surface area contributed by atoms with E-state index in [2.05, 4.69) is 16.4 Å². The van der Waals surface area contributed by atoms with E-state index in [0.29, 0.717) is 5.69 Å². The number of rotatable bonds is 1. The van der Waals surface area contributed by atoms with Gasteiger partial charge in [-0.1, -0.05) is 23.7 Å². The first-order valence-electron chi connectivity index (χ1n) is 4.15. The van der Waals surface area contributed by atoms with Crippen LogP contribution < -0.4 is 0 Å². The molecule has 0 aliphatic heterocycles. The molecule has 0 amide bonds. The first kappa shape index (κ1) is 10.9. The van der Waals surface area contributed by atoms with Crippen LogP contribution in [0.15, 0.2) is 24.3 Å². The molecule has 0 unspecified atom stereocenters. The summed E-state index contributed by atoms with van der Waals surface area (Å²) < 4.78 is 37.5. The van der Waals surface area contributed by atoms with Crippen molar-refractivity contribution >= 4 is 11.6 Å². The lowest BCUT2D eigenvalue weighted by Gasteiger charge is -2.02. The fraction of sp³-hybridized carbons (Fsp3) is 0.111. The molecule has 1 radical (unpaired) electrons. The summed E-state index contributed by atoms with van der Waals surface area (Å²) in [6.45, 7) is 0. The van der Waals surface area contributed by atoms with Gasteiger partial charge < -0.3 is 0 Å². The lowest BCUT2D eigenvalue weighted by atomic mass is 10.3. The van der Waals surface area contributed by atoms with Crippen molar-refractivity contribution in [3.8, 4) is 5.69 Å². The van der Waals surface area contributed by atoms with Crippen LogP contribution in [0.3, 0.4) is 0 Å². The molecule has 1 aromatic carbocycles. The highest BCUT2D eigenvalue weighted by Crippen LogP contribution is 2.26. The summed E-state index contributed by atoms with van der Waals surface area (Å²) >= 11 is 5.79. The second-order valence-electron chi connectivity index (χ2n) is 2.90. The van der Waals surface area contributed by atoms with Crippen LogP contribution in [0.5, 0.6) is 0 Å². The van der Waals surface area contributed by atoms with Crippen molar-refractivity contribution in [2.24, 2.45) is 0 Å². The Bertz CT molecular complexity index is 507. The molecule has 16 heavy (non-hydrogen) atoms. The third kappa shape index (κ3) is 2.01. The molecule has 3 nitrogen and oxygen atoms in total. The summed E-state index contributed by atoms with van der Waals surface area (Å²) in [5.74, 6) is -1.24. The van der Waals surface area contributed by atoms with Crippen LogP contribution in [0, 0.1) is 6.33 Å². The molecular weight excluding hydrogens is 243 g/mol. The van der Waals surface area contributed by atoms with Crippen LogP contribution in [0.4, 0.5) is 13.2 Å². The molecule has 0 fully saturated rings. The summed E-state index contributed by atoms with van der Waals surface area (Å²) in [4.78, 5) is 3.05. The summed E-state index contributed by atoms with van der Waals surface area (Å²) in [5, 5.41) is 3.53. The van der Waals surface area contributed by atoms with Gasteiger partial charge in [0.15, 0.2) is 0 Å². The van der Waals surface area contributed by atoms with Crippen LogP contribution in [-0.4, -0.2) is 14.8 Å². The van der Waals surface area contributed by atoms with E-state index in [1.807, 2.05) is 0 Å². The number of hydrogen-bond acceptors (Lipinski definition) is 2. The number of alkyl halides is 3. The van der Waals surface area contributed by atoms with E-state index in [1.165, 1.54) is 6.07 Å². The van der Waals surface area contributed by atoms with Gasteiger partial charge in [0.05, 0.1) is 10.7 Å². The SMILES string of the molecule is FC(F)(F)c1n[c]n(-c2ccccc2Cl)n1. The maximum atomic E-state index is 12.2. The Hall–Kier alpha value is -1.56. The van der Waals surface area contributed by atoms with Crippen LogP contribution in [-0.2, 0) is 6.18 Å². The average Bonchev–Trinajstić information content (AvgIpc) is 2.66. The molecule has 1 aromatic heterocycles.